The Morgan fingerprint density at radius 3 is 2.62 bits per heavy atom. The van der Waals surface area contributed by atoms with Crippen LogP contribution in [0.5, 0.6) is 0 Å². The van der Waals surface area contributed by atoms with Crippen LogP contribution in [0.15, 0.2) is 24.3 Å². The first-order valence-corrected chi connectivity index (χ1v) is 5.59. The lowest BCUT2D eigenvalue weighted by Gasteiger charge is -2.21. The van der Waals surface area contributed by atoms with Crippen molar-refractivity contribution in [1.82, 2.24) is 0 Å². The quantitative estimate of drug-likeness (QED) is 0.557. The molecule has 0 unspecified atom stereocenters. The molecule has 1 aliphatic carbocycles. The molecule has 0 aromatic heterocycles. The van der Waals surface area contributed by atoms with E-state index >= 15 is 0 Å². The highest BCUT2D eigenvalue weighted by Gasteiger charge is 2.12. The van der Waals surface area contributed by atoms with Crippen molar-refractivity contribution in [3.8, 4) is 0 Å². The molecule has 1 saturated carbocycles. The van der Waals surface area contributed by atoms with Crippen LogP contribution in [0, 0.1) is 5.92 Å². The predicted octanol–water partition coefficient (Wildman–Crippen LogP) is 4.48. The third-order valence-corrected chi connectivity index (χ3v) is 2.97. The van der Waals surface area contributed by atoms with E-state index < -0.39 is 0 Å². The molecular formula is C13H22. The highest BCUT2D eigenvalue weighted by molar-refractivity contribution is 5.02. The minimum absolute atomic E-state index is 0.981. The van der Waals surface area contributed by atoms with Gasteiger partial charge in [-0.15, -0.1) is 6.58 Å². The first-order valence-electron chi connectivity index (χ1n) is 5.59. The summed E-state index contributed by atoms with van der Waals surface area (Å²) in [5.41, 5.74) is 1.56. The van der Waals surface area contributed by atoms with Gasteiger partial charge in [0.15, 0.2) is 0 Å². The second-order valence-electron chi connectivity index (χ2n) is 4.28. The summed E-state index contributed by atoms with van der Waals surface area (Å²) in [5, 5.41) is 0. The maximum absolute atomic E-state index is 3.73. The zero-order valence-corrected chi connectivity index (χ0v) is 8.89. The molecule has 0 N–H and O–H groups in total. The average Bonchev–Trinajstić information content (AvgIpc) is 2.16. The van der Waals surface area contributed by atoms with E-state index in [0.29, 0.717) is 0 Å². The zero-order valence-electron chi connectivity index (χ0n) is 8.89. The monoisotopic (exact) mass is 178 g/mol. The largest absolute Gasteiger partial charge is 0.103 e. The van der Waals surface area contributed by atoms with E-state index in [1.54, 1.807) is 5.57 Å². The lowest BCUT2D eigenvalue weighted by Crippen LogP contribution is -2.06. The van der Waals surface area contributed by atoms with Crippen molar-refractivity contribution in [2.45, 2.75) is 51.9 Å². The summed E-state index contributed by atoms with van der Waals surface area (Å²) >= 11 is 0. The van der Waals surface area contributed by atoms with Crippen molar-refractivity contribution in [2.24, 2.45) is 5.92 Å². The molecule has 0 spiro atoms. The van der Waals surface area contributed by atoms with Gasteiger partial charge in [-0.2, -0.15) is 0 Å². The highest BCUT2D eigenvalue weighted by atomic mass is 14.2. The SMILES string of the molecule is C=CC/C=C(\C)CC1CCCCC1. The van der Waals surface area contributed by atoms with Gasteiger partial charge in [-0.05, 0) is 25.7 Å². The molecule has 0 saturated heterocycles. The molecule has 0 aliphatic heterocycles. The van der Waals surface area contributed by atoms with Gasteiger partial charge in [-0.1, -0.05) is 49.8 Å². The molecule has 0 aromatic carbocycles. The average molecular weight is 178 g/mol. The van der Waals surface area contributed by atoms with Crippen LogP contribution in [0.3, 0.4) is 0 Å². The van der Waals surface area contributed by atoms with E-state index in [4.69, 9.17) is 0 Å². The van der Waals surface area contributed by atoms with Crippen molar-refractivity contribution in [1.29, 1.82) is 0 Å². The molecule has 0 amide bonds. The topological polar surface area (TPSA) is 0 Å². The molecule has 0 heterocycles. The molecule has 1 aliphatic rings. The van der Waals surface area contributed by atoms with Crippen molar-refractivity contribution < 1.29 is 0 Å². The van der Waals surface area contributed by atoms with E-state index in [9.17, 15) is 0 Å². The number of rotatable bonds is 4. The molecule has 0 atom stereocenters. The van der Waals surface area contributed by atoms with E-state index in [0.717, 1.165) is 12.3 Å². The molecule has 0 nitrogen and oxygen atoms in total. The highest BCUT2D eigenvalue weighted by Crippen LogP contribution is 2.28. The van der Waals surface area contributed by atoms with Gasteiger partial charge in [0.1, 0.15) is 0 Å². The number of hydrogen-bond acceptors (Lipinski definition) is 0. The third-order valence-electron chi connectivity index (χ3n) is 2.97. The number of hydrogen-bond donors (Lipinski definition) is 0. The second kappa shape index (κ2) is 6.01. The van der Waals surface area contributed by atoms with E-state index in [2.05, 4.69) is 19.6 Å². The van der Waals surface area contributed by atoms with Crippen LogP contribution in [0.25, 0.3) is 0 Å². The van der Waals surface area contributed by atoms with Crippen LogP contribution in [0.2, 0.25) is 0 Å². The first-order chi connectivity index (χ1) is 6.33. The van der Waals surface area contributed by atoms with E-state index in [1.807, 2.05) is 6.08 Å². The fraction of sp³-hybridized carbons (Fsp3) is 0.692. The van der Waals surface area contributed by atoms with Gasteiger partial charge >= 0.3 is 0 Å². The summed E-state index contributed by atoms with van der Waals surface area (Å²) in [7, 11) is 0. The second-order valence-corrected chi connectivity index (χ2v) is 4.28. The zero-order chi connectivity index (χ0) is 9.52. The van der Waals surface area contributed by atoms with Gasteiger partial charge in [-0.25, -0.2) is 0 Å². The minimum atomic E-state index is 0.981. The normalized spacial score (nSPS) is 20.2. The van der Waals surface area contributed by atoms with E-state index in [-0.39, 0.29) is 0 Å². The van der Waals surface area contributed by atoms with Crippen LogP contribution in [-0.2, 0) is 0 Å². The van der Waals surface area contributed by atoms with Crippen LogP contribution < -0.4 is 0 Å². The van der Waals surface area contributed by atoms with Gasteiger partial charge in [0.25, 0.3) is 0 Å². The predicted molar refractivity (Wildman–Crippen MR) is 59.8 cm³/mol. The summed E-state index contributed by atoms with van der Waals surface area (Å²) in [6.45, 7) is 6.00. The lowest BCUT2D eigenvalue weighted by molar-refractivity contribution is 0.356. The summed E-state index contributed by atoms with van der Waals surface area (Å²) < 4.78 is 0. The van der Waals surface area contributed by atoms with Gasteiger partial charge in [-0.3, -0.25) is 0 Å². The molecule has 13 heavy (non-hydrogen) atoms. The Morgan fingerprint density at radius 1 is 1.31 bits per heavy atom. The fourth-order valence-corrected chi connectivity index (χ4v) is 2.21. The molecule has 1 rings (SSSR count). The molecule has 74 valence electrons. The lowest BCUT2D eigenvalue weighted by atomic mass is 9.85. The standard InChI is InChI=1S/C13H22/c1-3-4-8-12(2)11-13-9-6-5-7-10-13/h3,8,13H,1,4-7,9-11H2,2H3/b12-8+. The van der Waals surface area contributed by atoms with E-state index in [1.165, 1.54) is 38.5 Å². The maximum Gasteiger partial charge on any atom is -0.0169 e. The van der Waals surface area contributed by atoms with Crippen LogP contribution >= 0.6 is 0 Å². The smallest absolute Gasteiger partial charge is 0.0169 e. The van der Waals surface area contributed by atoms with Crippen LogP contribution in [0.1, 0.15) is 51.9 Å². The van der Waals surface area contributed by atoms with Crippen LogP contribution in [-0.4, -0.2) is 0 Å². The summed E-state index contributed by atoms with van der Waals surface area (Å²) in [4.78, 5) is 0. The number of allylic oxidation sites excluding steroid dienone is 3. The van der Waals surface area contributed by atoms with Gasteiger partial charge in [0.2, 0.25) is 0 Å². The van der Waals surface area contributed by atoms with Crippen molar-refractivity contribution in [2.75, 3.05) is 0 Å². The molecule has 1 fully saturated rings. The van der Waals surface area contributed by atoms with Crippen molar-refractivity contribution >= 4 is 0 Å². The maximum atomic E-state index is 3.73. The molecule has 0 aromatic rings. The van der Waals surface area contributed by atoms with Gasteiger partial charge in [0, 0.05) is 0 Å². The van der Waals surface area contributed by atoms with Gasteiger partial charge in [0.05, 0.1) is 0 Å². The summed E-state index contributed by atoms with van der Waals surface area (Å²) in [5.74, 6) is 0.981. The molecule has 0 heteroatoms. The van der Waals surface area contributed by atoms with Crippen molar-refractivity contribution in [3.05, 3.63) is 24.3 Å². The Balaban J connectivity index is 2.25. The summed E-state index contributed by atoms with van der Waals surface area (Å²) in [6, 6.07) is 0. The Morgan fingerprint density at radius 2 is 2.00 bits per heavy atom. The first kappa shape index (κ1) is 10.6. The minimum Gasteiger partial charge on any atom is -0.103 e. The Hall–Kier alpha value is -0.520. The van der Waals surface area contributed by atoms with Crippen molar-refractivity contribution in [3.63, 3.8) is 0 Å². The third kappa shape index (κ3) is 4.31. The Labute approximate surface area is 82.7 Å². The molecule has 0 radical (unpaired) electrons. The van der Waals surface area contributed by atoms with Gasteiger partial charge < -0.3 is 0 Å². The fourth-order valence-electron chi connectivity index (χ4n) is 2.21. The summed E-state index contributed by atoms with van der Waals surface area (Å²) in [6.07, 6.45) is 14.0. The van der Waals surface area contributed by atoms with Crippen LogP contribution in [0.4, 0.5) is 0 Å². The Bertz CT molecular complexity index is 170. The molecular weight excluding hydrogens is 156 g/mol. The Kier molecular flexibility index (Phi) is 4.88. The molecule has 0 bridgehead atoms.